The average Bonchev–Trinajstić information content (AvgIpc) is 3.12. The lowest BCUT2D eigenvalue weighted by Gasteiger charge is -2.12. The molecular weight excluding hydrogens is 579 g/mol. The molecule has 0 radical (unpaired) electrons. The molecule has 1 heterocycles. The van der Waals surface area contributed by atoms with E-state index >= 15 is 0 Å². The third kappa shape index (κ3) is 6.86. The molecule has 0 saturated carbocycles. The van der Waals surface area contributed by atoms with Crippen LogP contribution in [0.15, 0.2) is 83.8 Å². The molecule has 0 unspecified atom stereocenters. The Morgan fingerprint density at radius 2 is 1.60 bits per heavy atom. The van der Waals surface area contributed by atoms with Crippen LogP contribution in [0.25, 0.3) is 6.08 Å². The predicted molar refractivity (Wildman–Crippen MR) is 144 cm³/mol. The van der Waals surface area contributed by atoms with E-state index in [-0.39, 0.29) is 11.4 Å². The molecule has 0 aromatic heterocycles. The van der Waals surface area contributed by atoms with Crippen molar-refractivity contribution in [3.8, 4) is 11.5 Å². The van der Waals surface area contributed by atoms with E-state index in [1.807, 2.05) is 54.6 Å². The molecule has 4 rings (SSSR count). The molecule has 1 N–H and O–H groups in total. The van der Waals surface area contributed by atoms with E-state index in [2.05, 4.69) is 27.9 Å². The smallest absolute Gasteiger partial charge is 0.294 e. The first kappa shape index (κ1) is 24.8. The maximum Gasteiger partial charge on any atom is 0.294 e. The SMILES string of the molecule is O=C(CN1C(=O)S/C(=C/c2ccccc2OCCOc2ccccc2)C1=O)Nc1ccc(I)cc1. The van der Waals surface area contributed by atoms with Crippen molar-refractivity contribution in [2.75, 3.05) is 25.1 Å². The molecule has 0 bridgehead atoms. The van der Waals surface area contributed by atoms with E-state index in [1.54, 1.807) is 30.3 Å². The first-order chi connectivity index (χ1) is 17.0. The molecule has 1 saturated heterocycles. The van der Waals surface area contributed by atoms with Gasteiger partial charge >= 0.3 is 0 Å². The highest BCUT2D eigenvalue weighted by Crippen LogP contribution is 2.34. The fraction of sp³-hybridized carbons (Fsp3) is 0.115. The molecule has 0 aliphatic carbocycles. The summed E-state index contributed by atoms with van der Waals surface area (Å²) in [5.41, 5.74) is 1.25. The topological polar surface area (TPSA) is 84.9 Å². The maximum atomic E-state index is 12.9. The second kappa shape index (κ2) is 11.9. The summed E-state index contributed by atoms with van der Waals surface area (Å²) in [4.78, 5) is 38.9. The lowest BCUT2D eigenvalue weighted by molar-refractivity contribution is -0.127. The first-order valence-electron chi connectivity index (χ1n) is 10.7. The number of carbonyl (C=O) groups excluding carboxylic acids is 3. The van der Waals surface area contributed by atoms with Gasteiger partial charge in [0, 0.05) is 14.8 Å². The molecule has 35 heavy (non-hydrogen) atoms. The summed E-state index contributed by atoms with van der Waals surface area (Å²) in [6.45, 7) is 0.299. The number of thioether (sulfide) groups is 1. The van der Waals surface area contributed by atoms with Crippen molar-refractivity contribution < 1.29 is 23.9 Å². The quantitative estimate of drug-likeness (QED) is 0.201. The second-order valence-electron chi connectivity index (χ2n) is 7.37. The lowest BCUT2D eigenvalue weighted by Crippen LogP contribution is -2.36. The number of halogens is 1. The highest BCUT2D eigenvalue weighted by Gasteiger charge is 2.36. The van der Waals surface area contributed by atoms with Gasteiger partial charge in [-0.05, 0) is 82.9 Å². The number of rotatable bonds is 9. The standard InChI is InChI=1S/C26H21IN2O5S/c27-19-10-12-20(13-11-19)28-24(30)17-29-25(31)23(35-26(29)32)16-18-6-4-5-9-22(18)34-15-14-33-21-7-2-1-3-8-21/h1-13,16H,14-15,17H2,(H,28,30)/b23-16+. The van der Waals surface area contributed by atoms with E-state index in [0.29, 0.717) is 30.2 Å². The normalized spacial score (nSPS) is 14.3. The number of carbonyl (C=O) groups is 3. The molecule has 9 heteroatoms. The minimum absolute atomic E-state index is 0.230. The zero-order chi connectivity index (χ0) is 24.6. The molecule has 1 fully saturated rings. The van der Waals surface area contributed by atoms with Crippen molar-refractivity contribution >= 4 is 63.2 Å². The molecule has 3 aromatic rings. The first-order valence-corrected chi connectivity index (χ1v) is 12.6. The maximum absolute atomic E-state index is 12.9. The van der Waals surface area contributed by atoms with Gasteiger partial charge in [0.1, 0.15) is 31.3 Å². The third-order valence-corrected chi connectivity index (χ3v) is 6.49. The minimum Gasteiger partial charge on any atom is -0.490 e. The third-order valence-electron chi connectivity index (χ3n) is 4.86. The van der Waals surface area contributed by atoms with Crippen molar-refractivity contribution in [1.29, 1.82) is 0 Å². The van der Waals surface area contributed by atoms with E-state index < -0.39 is 17.1 Å². The molecule has 178 valence electrons. The zero-order valence-corrected chi connectivity index (χ0v) is 21.5. The van der Waals surface area contributed by atoms with Gasteiger partial charge in [-0.2, -0.15) is 0 Å². The van der Waals surface area contributed by atoms with Crippen LogP contribution in [-0.2, 0) is 9.59 Å². The molecule has 0 atom stereocenters. The van der Waals surface area contributed by atoms with E-state index in [4.69, 9.17) is 9.47 Å². The number of amides is 3. The minimum atomic E-state index is -0.514. The number of benzene rings is 3. The van der Waals surface area contributed by atoms with Crippen LogP contribution < -0.4 is 14.8 Å². The number of anilines is 1. The highest BCUT2D eigenvalue weighted by molar-refractivity contribution is 14.1. The summed E-state index contributed by atoms with van der Waals surface area (Å²) in [5, 5.41) is 2.21. The van der Waals surface area contributed by atoms with Crippen LogP contribution in [0.3, 0.4) is 0 Å². The van der Waals surface area contributed by atoms with Crippen LogP contribution in [0.2, 0.25) is 0 Å². The number of nitrogens with one attached hydrogen (secondary N) is 1. The molecule has 1 aliphatic rings. The number of ether oxygens (including phenoxy) is 2. The molecular formula is C26H21IN2O5S. The van der Waals surface area contributed by atoms with Gasteiger partial charge in [-0.3, -0.25) is 19.3 Å². The van der Waals surface area contributed by atoms with Crippen molar-refractivity contribution in [3.05, 3.63) is 92.9 Å². The van der Waals surface area contributed by atoms with Crippen LogP contribution in [0, 0.1) is 3.57 Å². The van der Waals surface area contributed by atoms with Crippen LogP contribution in [-0.4, -0.2) is 41.7 Å². The summed E-state index contributed by atoms with van der Waals surface area (Å²) in [7, 11) is 0. The number of imide groups is 1. The predicted octanol–water partition coefficient (Wildman–Crippen LogP) is 5.42. The molecule has 1 aliphatic heterocycles. The Bertz CT molecular complexity index is 1250. The van der Waals surface area contributed by atoms with Gasteiger partial charge in [0.25, 0.3) is 11.1 Å². The van der Waals surface area contributed by atoms with Gasteiger partial charge in [0.05, 0.1) is 4.91 Å². The van der Waals surface area contributed by atoms with Crippen LogP contribution >= 0.6 is 34.4 Å². The van der Waals surface area contributed by atoms with Gasteiger partial charge in [-0.25, -0.2) is 0 Å². The molecule has 3 aromatic carbocycles. The summed E-state index contributed by atoms with van der Waals surface area (Å²) >= 11 is 2.96. The van der Waals surface area contributed by atoms with Crippen molar-refractivity contribution in [1.82, 2.24) is 4.90 Å². The number of hydrogen-bond donors (Lipinski definition) is 1. The zero-order valence-electron chi connectivity index (χ0n) is 18.5. The van der Waals surface area contributed by atoms with Crippen LogP contribution in [0.5, 0.6) is 11.5 Å². The van der Waals surface area contributed by atoms with E-state index in [9.17, 15) is 14.4 Å². The Labute approximate surface area is 220 Å². The summed E-state index contributed by atoms with van der Waals surface area (Å²) < 4.78 is 12.5. The average molecular weight is 600 g/mol. The largest absolute Gasteiger partial charge is 0.490 e. The second-order valence-corrected chi connectivity index (χ2v) is 9.61. The summed E-state index contributed by atoms with van der Waals surface area (Å²) in [5.74, 6) is 0.355. The molecule has 7 nitrogen and oxygen atoms in total. The number of nitrogens with zero attached hydrogens (tertiary/aromatic N) is 1. The van der Waals surface area contributed by atoms with Gasteiger partial charge < -0.3 is 14.8 Å². The number of hydrogen-bond acceptors (Lipinski definition) is 6. The van der Waals surface area contributed by atoms with Gasteiger partial charge in [-0.1, -0.05) is 36.4 Å². The fourth-order valence-electron chi connectivity index (χ4n) is 3.21. The van der Waals surface area contributed by atoms with Gasteiger partial charge in [0.2, 0.25) is 5.91 Å². The Balaban J connectivity index is 1.37. The Hall–Kier alpha value is -3.31. The Morgan fingerprint density at radius 3 is 2.37 bits per heavy atom. The lowest BCUT2D eigenvalue weighted by atomic mass is 10.2. The van der Waals surface area contributed by atoms with Crippen LogP contribution in [0.1, 0.15) is 5.56 Å². The molecule has 3 amide bonds. The van der Waals surface area contributed by atoms with Gasteiger partial charge in [0.15, 0.2) is 0 Å². The summed E-state index contributed by atoms with van der Waals surface area (Å²) in [6, 6.07) is 23.9. The Kier molecular flexibility index (Phi) is 8.43. The highest BCUT2D eigenvalue weighted by atomic mass is 127. The van der Waals surface area contributed by atoms with Crippen molar-refractivity contribution in [3.63, 3.8) is 0 Å². The van der Waals surface area contributed by atoms with Crippen molar-refractivity contribution in [2.45, 2.75) is 0 Å². The monoisotopic (exact) mass is 600 g/mol. The van der Waals surface area contributed by atoms with Crippen molar-refractivity contribution in [2.24, 2.45) is 0 Å². The Morgan fingerprint density at radius 1 is 0.914 bits per heavy atom. The molecule has 0 spiro atoms. The van der Waals surface area contributed by atoms with E-state index in [0.717, 1.165) is 26.0 Å². The van der Waals surface area contributed by atoms with Crippen LogP contribution in [0.4, 0.5) is 10.5 Å². The van der Waals surface area contributed by atoms with E-state index in [1.165, 1.54) is 0 Å². The summed E-state index contributed by atoms with van der Waals surface area (Å²) in [6.07, 6.45) is 1.61. The fourth-order valence-corrected chi connectivity index (χ4v) is 4.40. The number of para-hydroxylation sites is 2. The van der Waals surface area contributed by atoms with Gasteiger partial charge in [-0.15, -0.1) is 0 Å².